The highest BCUT2D eigenvalue weighted by atomic mass is 32.2. The summed E-state index contributed by atoms with van der Waals surface area (Å²) >= 11 is 1.61. The molecular formula is C39H44N4O5S. The second-order valence-corrected chi connectivity index (χ2v) is 13.7. The Labute approximate surface area is 291 Å². The number of nitrogens with two attached hydrogens (primary N) is 1. The Bertz CT molecular complexity index is 2040. The van der Waals surface area contributed by atoms with Crippen LogP contribution >= 0.6 is 11.8 Å². The molecule has 0 bridgehead atoms. The number of aromatic nitrogens is 3. The smallest absolute Gasteiger partial charge is 0.320 e. The third-order valence-electron chi connectivity index (χ3n) is 8.25. The fourth-order valence-electron chi connectivity index (χ4n) is 5.81. The maximum atomic E-state index is 13.4. The van der Waals surface area contributed by atoms with Gasteiger partial charge in [-0.05, 0) is 71.7 Å². The number of hydrogen-bond acceptors (Lipinski definition) is 7. The van der Waals surface area contributed by atoms with Crippen LogP contribution in [-0.4, -0.2) is 55.5 Å². The van der Waals surface area contributed by atoms with Crippen molar-refractivity contribution in [2.24, 2.45) is 18.7 Å². The second kappa shape index (κ2) is 16.7. The molecule has 0 radical (unpaired) electrons. The van der Waals surface area contributed by atoms with Crippen molar-refractivity contribution in [2.45, 2.75) is 63.6 Å². The topological polar surface area (TPSA) is 133 Å². The van der Waals surface area contributed by atoms with E-state index in [-0.39, 0.29) is 18.6 Å². The predicted molar refractivity (Wildman–Crippen MR) is 196 cm³/mol. The van der Waals surface area contributed by atoms with Gasteiger partial charge in [0.1, 0.15) is 11.8 Å². The first-order valence-corrected chi connectivity index (χ1v) is 17.7. The van der Waals surface area contributed by atoms with Gasteiger partial charge in [-0.25, -0.2) is 4.68 Å². The third-order valence-corrected chi connectivity index (χ3v) is 9.46. The zero-order valence-electron chi connectivity index (χ0n) is 28.3. The molecule has 2 heterocycles. The van der Waals surface area contributed by atoms with Crippen LogP contribution in [0, 0.1) is 17.8 Å². The van der Waals surface area contributed by atoms with Crippen LogP contribution in [0.3, 0.4) is 0 Å². The summed E-state index contributed by atoms with van der Waals surface area (Å²) in [7, 11) is 1.72. The molecule has 256 valence electrons. The van der Waals surface area contributed by atoms with E-state index in [0.717, 1.165) is 62.2 Å². The number of aliphatic carboxylic acids is 1. The highest BCUT2D eigenvalue weighted by molar-refractivity contribution is 7.99. The fraction of sp³-hybridized carbons (Fsp3) is 0.359. The number of hydrogen-bond donors (Lipinski definition) is 3. The Hall–Kier alpha value is -4.56. The van der Waals surface area contributed by atoms with E-state index >= 15 is 0 Å². The van der Waals surface area contributed by atoms with Crippen molar-refractivity contribution < 1.29 is 19.7 Å². The van der Waals surface area contributed by atoms with Crippen LogP contribution in [0.4, 0.5) is 0 Å². The Morgan fingerprint density at radius 3 is 2.49 bits per heavy atom. The lowest BCUT2D eigenvalue weighted by Gasteiger charge is -2.13. The van der Waals surface area contributed by atoms with E-state index in [0.29, 0.717) is 43.1 Å². The van der Waals surface area contributed by atoms with Crippen LogP contribution in [0.1, 0.15) is 55.5 Å². The Morgan fingerprint density at radius 1 is 1.02 bits per heavy atom. The van der Waals surface area contributed by atoms with Gasteiger partial charge in [0.2, 0.25) is 0 Å². The molecule has 0 amide bonds. The van der Waals surface area contributed by atoms with E-state index in [4.69, 9.17) is 15.6 Å². The Balaban J connectivity index is 1.32. The van der Waals surface area contributed by atoms with Crippen LogP contribution in [0.25, 0.3) is 21.5 Å². The van der Waals surface area contributed by atoms with Crippen LogP contribution in [0.2, 0.25) is 0 Å². The number of ether oxygens (including phenoxy) is 1. The molecule has 3 aromatic carbocycles. The van der Waals surface area contributed by atoms with Gasteiger partial charge >= 0.3 is 5.97 Å². The van der Waals surface area contributed by atoms with Crippen LogP contribution in [-0.2, 0) is 31.2 Å². The number of aliphatic hydroxyl groups is 1. The normalized spacial score (nSPS) is 12.0. The van der Waals surface area contributed by atoms with Gasteiger partial charge in [-0.1, -0.05) is 68.2 Å². The summed E-state index contributed by atoms with van der Waals surface area (Å²) in [6.07, 6.45) is 5.21. The zero-order chi connectivity index (χ0) is 34.9. The standard InChI is InChI=1S/C39H44N4O5S/c1-26(2)22-35-33-25-43(38(49-21-9-19-44)36(33)37(45)42(3)41-35)24-29-16-15-28(31-11-6-7-12-32(29)31)10-5-4-8-20-48-30-17-13-27(14-18-30)23-34(40)39(46)47/h6-7,11-18,25-26,34,44H,4,8-9,19-24,40H2,1-3H3,(H,46,47)/t34-/m0/s1. The van der Waals surface area contributed by atoms with Crippen molar-refractivity contribution in [1.82, 2.24) is 14.3 Å². The highest BCUT2D eigenvalue weighted by Crippen LogP contribution is 2.32. The molecule has 1 atom stereocenters. The summed E-state index contributed by atoms with van der Waals surface area (Å²) in [5.41, 5.74) is 9.38. The van der Waals surface area contributed by atoms with Gasteiger partial charge in [0, 0.05) is 49.5 Å². The zero-order valence-corrected chi connectivity index (χ0v) is 29.1. The molecule has 0 fully saturated rings. The molecule has 4 N–H and O–H groups in total. The van der Waals surface area contributed by atoms with Gasteiger partial charge in [0.05, 0.1) is 22.7 Å². The summed E-state index contributed by atoms with van der Waals surface area (Å²) < 4.78 is 9.48. The highest BCUT2D eigenvalue weighted by Gasteiger charge is 2.20. The lowest BCUT2D eigenvalue weighted by Crippen LogP contribution is -2.32. The molecule has 0 aliphatic carbocycles. The average molecular weight is 681 g/mol. The van der Waals surface area contributed by atoms with Gasteiger partial charge in [-0.2, -0.15) is 5.10 Å². The van der Waals surface area contributed by atoms with E-state index in [1.165, 1.54) is 4.68 Å². The van der Waals surface area contributed by atoms with Crippen LogP contribution in [0.15, 0.2) is 76.7 Å². The molecule has 0 aliphatic heterocycles. The van der Waals surface area contributed by atoms with Crippen molar-refractivity contribution in [3.63, 3.8) is 0 Å². The molecule has 5 rings (SSSR count). The first-order chi connectivity index (χ1) is 23.7. The SMILES string of the molecule is CC(C)Cc1nn(C)c(=O)c2c(SCCCO)n(Cc3ccc(C#CCCCOc4ccc(C[C@H](N)C(=O)O)cc4)c4ccccc34)cc12. The minimum absolute atomic E-state index is 0.102. The quantitative estimate of drug-likeness (QED) is 0.0721. The van der Waals surface area contributed by atoms with E-state index in [9.17, 15) is 14.7 Å². The first-order valence-electron chi connectivity index (χ1n) is 16.7. The molecule has 10 heteroatoms. The fourth-order valence-corrected chi connectivity index (χ4v) is 6.90. The minimum Gasteiger partial charge on any atom is -0.494 e. The van der Waals surface area contributed by atoms with Gasteiger partial charge in [-0.3, -0.25) is 9.59 Å². The summed E-state index contributed by atoms with van der Waals surface area (Å²) in [5.74, 6) is 7.48. The lowest BCUT2D eigenvalue weighted by atomic mass is 9.99. The summed E-state index contributed by atoms with van der Waals surface area (Å²) in [5, 5.41) is 27.8. The number of thioether (sulfide) groups is 1. The van der Waals surface area contributed by atoms with E-state index in [1.54, 1.807) is 18.8 Å². The number of aliphatic hydroxyl groups excluding tert-OH is 1. The molecule has 0 saturated carbocycles. The molecule has 0 spiro atoms. The Morgan fingerprint density at radius 2 is 1.78 bits per heavy atom. The third kappa shape index (κ3) is 8.92. The monoisotopic (exact) mass is 680 g/mol. The molecule has 9 nitrogen and oxygen atoms in total. The van der Waals surface area contributed by atoms with Crippen molar-refractivity contribution in [3.8, 4) is 17.6 Å². The van der Waals surface area contributed by atoms with Crippen LogP contribution < -0.4 is 16.0 Å². The summed E-state index contributed by atoms with van der Waals surface area (Å²) in [6.45, 7) is 5.51. The molecule has 2 aromatic heterocycles. The van der Waals surface area contributed by atoms with Crippen molar-refractivity contribution in [3.05, 3.63) is 99.6 Å². The number of benzene rings is 3. The average Bonchev–Trinajstić information content (AvgIpc) is 3.44. The summed E-state index contributed by atoms with van der Waals surface area (Å²) in [6, 6.07) is 18.9. The van der Waals surface area contributed by atoms with Crippen molar-refractivity contribution in [1.29, 1.82) is 0 Å². The number of rotatable bonds is 15. The Kier molecular flexibility index (Phi) is 12.2. The van der Waals surface area contributed by atoms with Gasteiger partial charge in [0.15, 0.2) is 0 Å². The number of carboxylic acids is 1. The second-order valence-electron chi connectivity index (χ2n) is 12.6. The number of unbranched alkanes of at least 4 members (excludes halogenated alkanes) is 1. The van der Waals surface area contributed by atoms with Gasteiger partial charge < -0.3 is 25.3 Å². The summed E-state index contributed by atoms with van der Waals surface area (Å²) in [4.78, 5) is 24.4. The van der Waals surface area contributed by atoms with Crippen molar-refractivity contribution in [2.75, 3.05) is 19.0 Å². The van der Waals surface area contributed by atoms with E-state index < -0.39 is 12.0 Å². The number of aryl methyl sites for hydroxylation is 1. The molecule has 0 aliphatic rings. The largest absolute Gasteiger partial charge is 0.494 e. The minimum atomic E-state index is -1.02. The molecule has 49 heavy (non-hydrogen) atoms. The molecular weight excluding hydrogens is 637 g/mol. The number of carboxylic acid groups (broad SMARTS) is 1. The van der Waals surface area contributed by atoms with Gasteiger partial charge in [-0.15, -0.1) is 11.8 Å². The van der Waals surface area contributed by atoms with Gasteiger partial charge in [0.25, 0.3) is 5.56 Å². The molecule has 5 aromatic rings. The van der Waals surface area contributed by atoms with Crippen LogP contribution in [0.5, 0.6) is 5.75 Å². The lowest BCUT2D eigenvalue weighted by molar-refractivity contribution is -0.138. The number of carbonyl (C=O) groups is 1. The molecule has 0 saturated heterocycles. The maximum Gasteiger partial charge on any atom is 0.320 e. The number of nitrogens with zero attached hydrogens (tertiary/aromatic N) is 3. The molecule has 0 unspecified atom stereocenters. The first kappa shape index (κ1) is 35.7. The van der Waals surface area contributed by atoms with E-state index in [2.05, 4.69) is 65.8 Å². The number of fused-ring (bicyclic) bond motifs is 2. The predicted octanol–water partition coefficient (Wildman–Crippen LogP) is 5.77. The van der Waals surface area contributed by atoms with E-state index in [1.807, 2.05) is 36.4 Å². The van der Waals surface area contributed by atoms with Crippen molar-refractivity contribution >= 4 is 39.3 Å². The maximum absolute atomic E-state index is 13.4.